The van der Waals surface area contributed by atoms with Crippen LogP contribution in [-0.2, 0) is 10.0 Å². The Kier molecular flexibility index (Phi) is 6.14. The first-order chi connectivity index (χ1) is 8.90. The maximum Gasteiger partial charge on any atom is 0.244 e. The lowest BCUT2D eigenvalue weighted by Crippen LogP contribution is -2.33. The molecule has 0 aliphatic carbocycles. The van der Waals surface area contributed by atoms with Gasteiger partial charge in [0.25, 0.3) is 0 Å². The SMILES string of the molecule is CCN(C)CCNS(=O)(=O)c1cc(Br)cnc1NN. The summed E-state index contributed by atoms with van der Waals surface area (Å²) in [6.45, 7) is 3.81. The minimum atomic E-state index is -3.64. The van der Waals surface area contributed by atoms with Crippen LogP contribution in [-0.4, -0.2) is 45.0 Å². The molecule has 0 atom stereocenters. The molecule has 0 unspecified atom stereocenters. The van der Waals surface area contributed by atoms with Gasteiger partial charge >= 0.3 is 0 Å². The van der Waals surface area contributed by atoms with Crippen molar-refractivity contribution in [1.29, 1.82) is 0 Å². The van der Waals surface area contributed by atoms with E-state index in [1.165, 1.54) is 12.3 Å². The molecule has 1 aromatic heterocycles. The van der Waals surface area contributed by atoms with Crippen LogP contribution in [0, 0.1) is 0 Å². The number of anilines is 1. The minimum absolute atomic E-state index is 0.0172. The number of halogens is 1. The first-order valence-corrected chi connectivity index (χ1v) is 7.98. The van der Waals surface area contributed by atoms with E-state index >= 15 is 0 Å². The lowest BCUT2D eigenvalue weighted by molar-refractivity contribution is 0.358. The molecule has 0 aliphatic rings. The second-order valence-electron chi connectivity index (χ2n) is 3.94. The molecule has 108 valence electrons. The highest BCUT2D eigenvalue weighted by molar-refractivity contribution is 9.10. The number of sulfonamides is 1. The summed E-state index contributed by atoms with van der Waals surface area (Å²) in [7, 11) is -1.72. The van der Waals surface area contributed by atoms with Crippen molar-refractivity contribution in [2.24, 2.45) is 5.84 Å². The topological polar surface area (TPSA) is 100 Å². The van der Waals surface area contributed by atoms with Crippen LogP contribution in [0.25, 0.3) is 0 Å². The summed E-state index contributed by atoms with van der Waals surface area (Å²) >= 11 is 3.19. The zero-order valence-electron chi connectivity index (χ0n) is 10.9. The number of likely N-dealkylation sites (N-methyl/N-ethyl adjacent to an activating group) is 1. The number of hydrogen-bond donors (Lipinski definition) is 3. The summed E-state index contributed by atoms with van der Waals surface area (Å²) in [6.07, 6.45) is 1.47. The van der Waals surface area contributed by atoms with E-state index in [1.807, 2.05) is 18.9 Å². The number of nitrogens with zero attached hydrogens (tertiary/aromatic N) is 2. The molecule has 0 saturated carbocycles. The fraction of sp³-hybridized carbons (Fsp3) is 0.500. The molecule has 4 N–H and O–H groups in total. The fourth-order valence-corrected chi connectivity index (χ4v) is 2.99. The quantitative estimate of drug-likeness (QED) is 0.484. The number of nitrogens with two attached hydrogens (primary N) is 1. The van der Waals surface area contributed by atoms with Gasteiger partial charge in [0.05, 0.1) is 0 Å². The Balaban J connectivity index is 2.85. The largest absolute Gasteiger partial charge is 0.307 e. The number of nitrogen functional groups attached to an aromatic ring is 1. The smallest absolute Gasteiger partial charge is 0.244 e. The van der Waals surface area contributed by atoms with Gasteiger partial charge < -0.3 is 10.3 Å². The van der Waals surface area contributed by atoms with Gasteiger partial charge in [-0.15, -0.1) is 0 Å². The predicted octanol–water partition coefficient (Wildman–Crippen LogP) is 0.360. The van der Waals surface area contributed by atoms with E-state index in [2.05, 4.69) is 31.1 Å². The monoisotopic (exact) mass is 351 g/mol. The molecule has 0 spiro atoms. The molecule has 0 bridgehead atoms. The van der Waals surface area contributed by atoms with Gasteiger partial charge in [-0.3, -0.25) is 0 Å². The lowest BCUT2D eigenvalue weighted by atomic mass is 10.5. The second kappa shape index (κ2) is 7.15. The van der Waals surface area contributed by atoms with Crippen molar-refractivity contribution >= 4 is 31.8 Å². The zero-order chi connectivity index (χ0) is 14.5. The molecule has 0 aromatic carbocycles. The minimum Gasteiger partial charge on any atom is -0.307 e. The maximum absolute atomic E-state index is 12.1. The first-order valence-electron chi connectivity index (χ1n) is 5.71. The van der Waals surface area contributed by atoms with E-state index in [-0.39, 0.29) is 10.7 Å². The second-order valence-corrected chi connectivity index (χ2v) is 6.59. The number of rotatable bonds is 7. The maximum atomic E-state index is 12.1. The highest BCUT2D eigenvalue weighted by Gasteiger charge is 2.19. The molecule has 0 saturated heterocycles. The highest BCUT2D eigenvalue weighted by atomic mass is 79.9. The van der Waals surface area contributed by atoms with E-state index < -0.39 is 10.0 Å². The van der Waals surface area contributed by atoms with Crippen LogP contribution in [0.1, 0.15) is 6.92 Å². The van der Waals surface area contributed by atoms with E-state index in [0.29, 0.717) is 17.6 Å². The Morgan fingerprint density at radius 3 is 2.79 bits per heavy atom. The molecule has 0 radical (unpaired) electrons. The molecule has 0 aliphatic heterocycles. The Morgan fingerprint density at radius 1 is 1.53 bits per heavy atom. The van der Waals surface area contributed by atoms with Crippen molar-refractivity contribution < 1.29 is 8.42 Å². The summed E-state index contributed by atoms with van der Waals surface area (Å²) in [5.41, 5.74) is 2.28. The number of aromatic nitrogens is 1. The van der Waals surface area contributed by atoms with E-state index in [1.54, 1.807) is 0 Å². The van der Waals surface area contributed by atoms with Crippen molar-refractivity contribution in [3.63, 3.8) is 0 Å². The number of hydrogen-bond acceptors (Lipinski definition) is 6. The molecular formula is C10H18BrN5O2S. The average molecular weight is 352 g/mol. The Labute approximate surface area is 121 Å². The fourth-order valence-electron chi connectivity index (χ4n) is 1.34. The standard InChI is InChI=1S/C10H18BrN5O2S/c1-3-16(2)5-4-14-19(17,18)9-6-8(11)7-13-10(9)15-12/h6-7,14H,3-5,12H2,1-2H3,(H,13,15). The summed E-state index contributed by atoms with van der Waals surface area (Å²) < 4.78 is 27.4. The molecule has 1 heterocycles. The number of pyridine rings is 1. The van der Waals surface area contributed by atoms with Gasteiger partial charge in [-0.2, -0.15) is 0 Å². The molecule has 9 heteroatoms. The van der Waals surface area contributed by atoms with Gasteiger partial charge in [0.1, 0.15) is 4.90 Å². The van der Waals surface area contributed by atoms with Crippen LogP contribution in [0.15, 0.2) is 21.6 Å². The van der Waals surface area contributed by atoms with Crippen molar-refractivity contribution in [2.75, 3.05) is 32.1 Å². The van der Waals surface area contributed by atoms with Crippen molar-refractivity contribution in [1.82, 2.24) is 14.6 Å². The molecule has 0 fully saturated rings. The van der Waals surface area contributed by atoms with Gasteiger partial charge in [0.2, 0.25) is 10.0 Å². The first kappa shape index (κ1) is 16.3. The molecule has 0 amide bonds. The summed E-state index contributed by atoms with van der Waals surface area (Å²) in [5, 5.41) is 0. The Hall–Kier alpha value is -0.740. The van der Waals surface area contributed by atoms with Crippen LogP contribution in [0.2, 0.25) is 0 Å². The van der Waals surface area contributed by atoms with Crippen molar-refractivity contribution in [2.45, 2.75) is 11.8 Å². The third-order valence-electron chi connectivity index (χ3n) is 2.57. The van der Waals surface area contributed by atoms with E-state index in [9.17, 15) is 8.42 Å². The third-order valence-corrected chi connectivity index (χ3v) is 4.48. The third kappa shape index (κ3) is 4.69. The van der Waals surface area contributed by atoms with Crippen LogP contribution < -0.4 is 16.0 Å². The van der Waals surface area contributed by atoms with Crippen LogP contribution >= 0.6 is 15.9 Å². The lowest BCUT2D eigenvalue weighted by Gasteiger charge is -2.15. The molecule has 1 rings (SSSR count). The van der Waals surface area contributed by atoms with Gasteiger partial charge in [0, 0.05) is 23.8 Å². The van der Waals surface area contributed by atoms with Crippen molar-refractivity contribution in [3.05, 3.63) is 16.7 Å². The van der Waals surface area contributed by atoms with E-state index in [4.69, 9.17) is 5.84 Å². The summed E-state index contributed by atoms with van der Waals surface area (Å²) in [5.74, 6) is 5.38. The molecule has 7 nitrogen and oxygen atoms in total. The molecular weight excluding hydrogens is 334 g/mol. The Bertz CT molecular complexity index is 523. The molecule has 19 heavy (non-hydrogen) atoms. The zero-order valence-corrected chi connectivity index (χ0v) is 13.3. The Morgan fingerprint density at radius 2 is 2.21 bits per heavy atom. The van der Waals surface area contributed by atoms with Gasteiger partial charge in [0.15, 0.2) is 5.82 Å². The average Bonchev–Trinajstić information content (AvgIpc) is 2.38. The van der Waals surface area contributed by atoms with Gasteiger partial charge in [-0.05, 0) is 35.6 Å². The van der Waals surface area contributed by atoms with Crippen LogP contribution in [0.4, 0.5) is 5.82 Å². The predicted molar refractivity (Wildman–Crippen MR) is 78.1 cm³/mol. The van der Waals surface area contributed by atoms with Crippen LogP contribution in [0.5, 0.6) is 0 Å². The van der Waals surface area contributed by atoms with Gasteiger partial charge in [-0.25, -0.2) is 24.0 Å². The summed E-state index contributed by atoms with van der Waals surface area (Å²) in [6, 6.07) is 1.45. The summed E-state index contributed by atoms with van der Waals surface area (Å²) in [4.78, 5) is 5.93. The van der Waals surface area contributed by atoms with Crippen molar-refractivity contribution in [3.8, 4) is 0 Å². The van der Waals surface area contributed by atoms with Crippen LogP contribution in [0.3, 0.4) is 0 Å². The highest BCUT2D eigenvalue weighted by Crippen LogP contribution is 2.21. The normalized spacial score (nSPS) is 11.8. The van der Waals surface area contributed by atoms with E-state index in [0.717, 1.165) is 6.54 Å². The molecule has 1 aromatic rings. The number of hydrazine groups is 1. The van der Waals surface area contributed by atoms with Gasteiger partial charge in [-0.1, -0.05) is 6.92 Å². The number of nitrogens with one attached hydrogen (secondary N) is 2.